The average Bonchev–Trinajstić information content (AvgIpc) is 2.71. The van der Waals surface area contributed by atoms with Crippen LogP contribution >= 0.6 is 0 Å². The molecular formula is C18H24FN3O3. The Hall–Kier alpha value is -2.44. The normalized spacial score (nSPS) is 20.2. The van der Waals surface area contributed by atoms with E-state index in [1.807, 2.05) is 13.8 Å². The van der Waals surface area contributed by atoms with E-state index >= 15 is 0 Å². The third-order valence-electron chi connectivity index (χ3n) is 4.21. The van der Waals surface area contributed by atoms with Crippen molar-refractivity contribution >= 4 is 17.8 Å². The third kappa shape index (κ3) is 4.35. The fraction of sp³-hybridized carbons (Fsp3) is 0.500. The molecule has 0 radical (unpaired) electrons. The second kappa shape index (κ2) is 7.21. The first-order valence-electron chi connectivity index (χ1n) is 8.25. The van der Waals surface area contributed by atoms with Gasteiger partial charge in [-0.2, -0.15) is 0 Å². The molecule has 0 aromatic heterocycles. The van der Waals surface area contributed by atoms with Crippen molar-refractivity contribution in [3.8, 4) is 0 Å². The van der Waals surface area contributed by atoms with E-state index < -0.39 is 11.6 Å². The number of amides is 4. The van der Waals surface area contributed by atoms with Gasteiger partial charge in [0.05, 0.1) is 0 Å². The topological polar surface area (TPSA) is 69.7 Å². The molecule has 4 amide bonds. The van der Waals surface area contributed by atoms with Gasteiger partial charge in [0.2, 0.25) is 5.91 Å². The first kappa shape index (κ1) is 18.9. The number of likely N-dealkylation sites (N-methyl/N-ethyl adjacent to an activating group) is 1. The lowest BCUT2D eigenvalue weighted by atomic mass is 9.91. The molecule has 1 atom stereocenters. The molecule has 1 heterocycles. The summed E-state index contributed by atoms with van der Waals surface area (Å²) in [6, 6.07) is 5.28. The van der Waals surface area contributed by atoms with Crippen LogP contribution in [0.4, 0.5) is 9.18 Å². The van der Waals surface area contributed by atoms with Crippen LogP contribution in [0.25, 0.3) is 0 Å². The van der Waals surface area contributed by atoms with E-state index in [-0.39, 0.29) is 36.6 Å². The summed E-state index contributed by atoms with van der Waals surface area (Å²) in [5, 5.41) is 2.69. The molecule has 7 heteroatoms. The molecule has 1 N–H and O–H groups in total. The van der Waals surface area contributed by atoms with Gasteiger partial charge in [0.15, 0.2) is 0 Å². The fourth-order valence-corrected chi connectivity index (χ4v) is 3.05. The number of rotatable bonds is 6. The maximum Gasteiger partial charge on any atom is 0.325 e. The number of imide groups is 1. The van der Waals surface area contributed by atoms with Crippen LogP contribution in [0.3, 0.4) is 0 Å². The molecule has 1 unspecified atom stereocenters. The van der Waals surface area contributed by atoms with Crippen molar-refractivity contribution in [2.24, 2.45) is 5.92 Å². The van der Waals surface area contributed by atoms with Crippen LogP contribution in [0.5, 0.6) is 0 Å². The lowest BCUT2D eigenvalue weighted by Gasteiger charge is -2.24. The molecule has 25 heavy (non-hydrogen) atoms. The summed E-state index contributed by atoms with van der Waals surface area (Å²) in [5.74, 6) is -0.857. The van der Waals surface area contributed by atoms with Crippen molar-refractivity contribution in [2.75, 3.05) is 13.6 Å². The van der Waals surface area contributed by atoms with Gasteiger partial charge in [-0.05, 0) is 37.0 Å². The highest BCUT2D eigenvalue weighted by molar-refractivity contribution is 6.08. The van der Waals surface area contributed by atoms with Crippen molar-refractivity contribution in [3.63, 3.8) is 0 Å². The number of hydrogen-bond donors (Lipinski definition) is 1. The van der Waals surface area contributed by atoms with Gasteiger partial charge in [0.1, 0.15) is 17.9 Å². The van der Waals surface area contributed by atoms with Gasteiger partial charge in [-0.3, -0.25) is 14.5 Å². The number of nitrogens with zero attached hydrogens (tertiary/aromatic N) is 2. The van der Waals surface area contributed by atoms with Gasteiger partial charge >= 0.3 is 6.03 Å². The second-order valence-electron chi connectivity index (χ2n) is 7.13. The predicted molar refractivity (Wildman–Crippen MR) is 91.0 cm³/mol. The zero-order valence-electron chi connectivity index (χ0n) is 15.0. The summed E-state index contributed by atoms with van der Waals surface area (Å²) in [7, 11) is 1.58. The zero-order chi connectivity index (χ0) is 18.8. The number of benzene rings is 1. The Bertz CT molecular complexity index is 675. The minimum atomic E-state index is -0.971. The molecule has 1 aromatic rings. The van der Waals surface area contributed by atoms with Crippen LogP contribution < -0.4 is 5.32 Å². The van der Waals surface area contributed by atoms with Crippen molar-refractivity contribution in [1.29, 1.82) is 0 Å². The van der Waals surface area contributed by atoms with Gasteiger partial charge in [-0.25, -0.2) is 9.18 Å². The Morgan fingerprint density at radius 3 is 2.44 bits per heavy atom. The summed E-state index contributed by atoms with van der Waals surface area (Å²) in [4.78, 5) is 39.4. The molecule has 0 bridgehead atoms. The van der Waals surface area contributed by atoms with E-state index in [4.69, 9.17) is 0 Å². The monoisotopic (exact) mass is 349 g/mol. The largest absolute Gasteiger partial charge is 0.340 e. The molecule has 1 saturated heterocycles. The van der Waals surface area contributed by atoms with E-state index in [0.717, 1.165) is 10.5 Å². The molecule has 136 valence electrons. The smallest absolute Gasteiger partial charge is 0.325 e. The van der Waals surface area contributed by atoms with Crippen molar-refractivity contribution in [1.82, 2.24) is 15.1 Å². The molecular weight excluding hydrogens is 325 g/mol. The molecule has 1 aliphatic rings. The molecule has 1 aromatic carbocycles. The van der Waals surface area contributed by atoms with Crippen LogP contribution in [0.15, 0.2) is 24.3 Å². The van der Waals surface area contributed by atoms with Crippen LogP contribution in [-0.2, 0) is 16.1 Å². The van der Waals surface area contributed by atoms with E-state index in [2.05, 4.69) is 5.32 Å². The molecule has 2 rings (SSSR count). The van der Waals surface area contributed by atoms with E-state index in [0.29, 0.717) is 6.42 Å². The lowest BCUT2D eigenvalue weighted by Crippen LogP contribution is -2.46. The van der Waals surface area contributed by atoms with E-state index in [9.17, 15) is 18.8 Å². The molecule has 6 nitrogen and oxygen atoms in total. The minimum Gasteiger partial charge on any atom is -0.340 e. The third-order valence-corrected chi connectivity index (χ3v) is 4.21. The van der Waals surface area contributed by atoms with Gasteiger partial charge in [0.25, 0.3) is 5.91 Å². The Labute approximate surface area is 147 Å². The Morgan fingerprint density at radius 2 is 1.88 bits per heavy atom. The number of urea groups is 1. The van der Waals surface area contributed by atoms with Gasteiger partial charge < -0.3 is 10.2 Å². The summed E-state index contributed by atoms with van der Waals surface area (Å²) in [6.07, 6.45) is 0.508. The van der Waals surface area contributed by atoms with Crippen molar-refractivity contribution in [3.05, 3.63) is 35.6 Å². The summed E-state index contributed by atoms with van der Waals surface area (Å²) < 4.78 is 12.9. The number of halogens is 1. The van der Waals surface area contributed by atoms with Crippen LogP contribution in [0.1, 0.15) is 32.8 Å². The molecule has 0 saturated carbocycles. The molecule has 1 fully saturated rings. The zero-order valence-corrected chi connectivity index (χ0v) is 15.0. The number of hydrogen-bond acceptors (Lipinski definition) is 3. The van der Waals surface area contributed by atoms with E-state index in [1.54, 1.807) is 26.1 Å². The minimum absolute atomic E-state index is 0.228. The van der Waals surface area contributed by atoms with Crippen LogP contribution in [0, 0.1) is 11.7 Å². The maximum atomic E-state index is 12.9. The Balaban J connectivity index is 2.00. The molecule has 0 spiro atoms. The highest BCUT2D eigenvalue weighted by Crippen LogP contribution is 2.25. The van der Waals surface area contributed by atoms with E-state index in [1.165, 1.54) is 17.0 Å². The van der Waals surface area contributed by atoms with Crippen molar-refractivity contribution in [2.45, 2.75) is 39.3 Å². The number of carbonyl (C=O) groups excluding carboxylic acids is 3. The standard InChI is InChI=1S/C18H24FN3O3/c1-12(2)9-18(3)16(24)22(17(25)20-18)11-15(23)21(4)10-13-5-7-14(19)8-6-13/h5-8,12H,9-11H2,1-4H3,(H,20,25). The average molecular weight is 349 g/mol. The van der Waals surface area contributed by atoms with Gasteiger partial charge in [-0.1, -0.05) is 26.0 Å². The van der Waals surface area contributed by atoms with Crippen molar-refractivity contribution < 1.29 is 18.8 Å². The quantitative estimate of drug-likeness (QED) is 0.800. The summed E-state index contributed by atoms with van der Waals surface area (Å²) >= 11 is 0. The molecule has 0 aliphatic carbocycles. The SMILES string of the molecule is CC(C)CC1(C)NC(=O)N(CC(=O)N(C)Cc2ccc(F)cc2)C1=O. The van der Waals surface area contributed by atoms with Gasteiger partial charge in [0, 0.05) is 13.6 Å². The fourth-order valence-electron chi connectivity index (χ4n) is 3.05. The number of nitrogens with one attached hydrogen (secondary N) is 1. The highest BCUT2D eigenvalue weighted by atomic mass is 19.1. The lowest BCUT2D eigenvalue weighted by molar-refractivity contribution is -0.138. The first-order valence-corrected chi connectivity index (χ1v) is 8.25. The van der Waals surface area contributed by atoms with Crippen LogP contribution in [0.2, 0.25) is 0 Å². The molecule has 1 aliphatic heterocycles. The maximum absolute atomic E-state index is 12.9. The summed E-state index contributed by atoms with van der Waals surface area (Å²) in [5.41, 5.74) is -0.208. The predicted octanol–water partition coefficient (Wildman–Crippen LogP) is 2.14. The summed E-state index contributed by atoms with van der Waals surface area (Å²) in [6.45, 7) is 5.58. The highest BCUT2D eigenvalue weighted by Gasteiger charge is 2.48. The van der Waals surface area contributed by atoms with Crippen LogP contribution in [-0.4, -0.2) is 46.8 Å². The Kier molecular flexibility index (Phi) is 5.45. The first-order chi connectivity index (χ1) is 11.6. The number of carbonyl (C=O) groups is 3. The Morgan fingerprint density at radius 1 is 1.28 bits per heavy atom. The van der Waals surface area contributed by atoms with Gasteiger partial charge in [-0.15, -0.1) is 0 Å². The second-order valence-corrected chi connectivity index (χ2v) is 7.13.